The second-order valence-electron chi connectivity index (χ2n) is 9.12. The molecule has 6 nitrogen and oxygen atoms in total. The molecule has 1 amide bonds. The number of amides is 1. The van der Waals surface area contributed by atoms with Gasteiger partial charge >= 0.3 is 0 Å². The molecule has 0 heterocycles. The van der Waals surface area contributed by atoms with Crippen LogP contribution in [0, 0.1) is 6.92 Å². The Bertz CT molecular complexity index is 1580. The van der Waals surface area contributed by atoms with Crippen LogP contribution in [0.25, 0.3) is 11.1 Å². The molecule has 0 aliphatic rings. The van der Waals surface area contributed by atoms with Crippen LogP contribution >= 0.6 is 0 Å². The molecule has 0 fully saturated rings. The van der Waals surface area contributed by atoms with E-state index in [1.807, 2.05) is 91.9 Å². The minimum atomic E-state index is -0.340. The summed E-state index contributed by atoms with van der Waals surface area (Å²) < 4.78 is 16.9. The van der Waals surface area contributed by atoms with Gasteiger partial charge in [-0.15, -0.1) is 0 Å². The maximum Gasteiger partial charge on any atom is 0.298 e. The first kappa shape index (κ1) is 26.3. The lowest BCUT2D eigenvalue weighted by molar-refractivity contribution is -0.120. The summed E-state index contributed by atoms with van der Waals surface area (Å²) >= 11 is 0. The Morgan fingerprint density at radius 1 is 0.725 bits per heavy atom. The van der Waals surface area contributed by atoms with Crippen molar-refractivity contribution in [3.8, 4) is 34.1 Å². The molecule has 5 aromatic carbocycles. The molecule has 0 radical (unpaired) electrons. The Kier molecular flexibility index (Phi) is 8.18. The van der Waals surface area contributed by atoms with E-state index in [4.69, 9.17) is 14.2 Å². The maximum atomic E-state index is 12.9. The van der Waals surface area contributed by atoms with Gasteiger partial charge in [-0.1, -0.05) is 66.2 Å². The average molecular weight is 530 g/mol. The third kappa shape index (κ3) is 6.74. The highest BCUT2D eigenvalue weighted by Gasteiger charge is 2.13. The summed E-state index contributed by atoms with van der Waals surface area (Å²) in [5.41, 5.74) is 4.80. The summed E-state index contributed by atoms with van der Waals surface area (Å²) in [6.07, 6.45) is 0. The molecule has 198 valence electrons. The van der Waals surface area contributed by atoms with Gasteiger partial charge in [0.25, 0.3) is 12.4 Å². The van der Waals surface area contributed by atoms with Crippen molar-refractivity contribution in [2.24, 2.45) is 0 Å². The zero-order valence-electron chi connectivity index (χ0n) is 21.9. The highest BCUT2D eigenvalue weighted by atomic mass is 16.5. The Morgan fingerprint density at radius 2 is 1.38 bits per heavy atom. The largest absolute Gasteiger partial charge is 0.489 e. The molecular weight excluding hydrogens is 502 g/mol. The number of anilines is 1. The minimum absolute atomic E-state index is 0.247. The fourth-order valence-corrected chi connectivity index (χ4v) is 4.04. The number of carbonyl (C=O) groups excluding carboxylic acids is 2. The number of carbonyl (C=O) groups is 2. The van der Waals surface area contributed by atoms with Gasteiger partial charge in [-0.3, -0.25) is 9.59 Å². The molecule has 1 N–H and O–H groups in total. The van der Waals surface area contributed by atoms with Gasteiger partial charge in [0.2, 0.25) is 0 Å². The quantitative estimate of drug-likeness (QED) is 0.187. The number of benzene rings is 5. The van der Waals surface area contributed by atoms with Gasteiger partial charge in [0, 0.05) is 5.56 Å². The third-order valence-corrected chi connectivity index (χ3v) is 6.21. The summed E-state index contributed by atoms with van der Waals surface area (Å²) in [7, 11) is 0. The fraction of sp³-hybridized carbons (Fsp3) is 0.0588. The van der Waals surface area contributed by atoms with E-state index >= 15 is 0 Å². The Balaban J connectivity index is 1.24. The Morgan fingerprint density at radius 3 is 2.08 bits per heavy atom. The van der Waals surface area contributed by atoms with Gasteiger partial charge in [-0.25, -0.2) is 0 Å². The molecule has 0 spiro atoms. The normalized spacial score (nSPS) is 10.4. The molecule has 0 aromatic heterocycles. The van der Waals surface area contributed by atoms with Crippen LogP contribution < -0.4 is 19.5 Å². The second-order valence-corrected chi connectivity index (χ2v) is 9.12. The molecule has 0 aliphatic carbocycles. The van der Waals surface area contributed by atoms with Crippen LogP contribution in [0.5, 0.6) is 23.0 Å². The number of aryl methyl sites for hydroxylation is 1. The number of para-hydroxylation sites is 1. The molecule has 0 saturated heterocycles. The van der Waals surface area contributed by atoms with E-state index in [1.54, 1.807) is 36.4 Å². The molecule has 0 aliphatic heterocycles. The van der Waals surface area contributed by atoms with E-state index in [-0.39, 0.29) is 11.7 Å². The van der Waals surface area contributed by atoms with Crippen molar-refractivity contribution in [1.29, 1.82) is 0 Å². The van der Waals surface area contributed by atoms with Crippen molar-refractivity contribution >= 4 is 18.1 Å². The molecule has 5 aromatic rings. The lowest BCUT2D eigenvalue weighted by atomic mass is 10.0. The monoisotopic (exact) mass is 529 g/mol. The van der Waals surface area contributed by atoms with Crippen LogP contribution in [0.4, 0.5) is 5.69 Å². The van der Waals surface area contributed by atoms with Crippen LogP contribution in [-0.2, 0) is 11.4 Å². The second kappa shape index (κ2) is 12.5. The predicted molar refractivity (Wildman–Crippen MR) is 155 cm³/mol. The van der Waals surface area contributed by atoms with Crippen molar-refractivity contribution in [2.75, 3.05) is 5.32 Å². The lowest BCUT2D eigenvalue weighted by Gasteiger charge is -2.12. The van der Waals surface area contributed by atoms with Crippen molar-refractivity contribution in [1.82, 2.24) is 0 Å². The molecule has 6 heteroatoms. The molecule has 0 bridgehead atoms. The van der Waals surface area contributed by atoms with Crippen LogP contribution in [-0.4, -0.2) is 12.4 Å². The van der Waals surface area contributed by atoms with Crippen molar-refractivity contribution in [2.45, 2.75) is 13.5 Å². The van der Waals surface area contributed by atoms with Crippen molar-refractivity contribution in [3.63, 3.8) is 0 Å². The summed E-state index contributed by atoms with van der Waals surface area (Å²) in [4.78, 5) is 24.1. The third-order valence-electron chi connectivity index (χ3n) is 6.21. The molecular formula is C34H27NO5. The van der Waals surface area contributed by atoms with Crippen LogP contribution in [0.2, 0.25) is 0 Å². The smallest absolute Gasteiger partial charge is 0.298 e. The zero-order valence-corrected chi connectivity index (χ0v) is 21.9. The maximum absolute atomic E-state index is 12.9. The van der Waals surface area contributed by atoms with Crippen LogP contribution in [0.3, 0.4) is 0 Å². The van der Waals surface area contributed by atoms with Crippen molar-refractivity contribution in [3.05, 3.63) is 138 Å². The van der Waals surface area contributed by atoms with Gasteiger partial charge in [0.15, 0.2) is 5.75 Å². The van der Waals surface area contributed by atoms with E-state index in [1.165, 1.54) is 5.56 Å². The number of rotatable bonds is 10. The van der Waals surface area contributed by atoms with Crippen LogP contribution in [0.1, 0.15) is 21.5 Å². The minimum Gasteiger partial charge on any atom is -0.489 e. The van der Waals surface area contributed by atoms with Gasteiger partial charge in [-0.2, -0.15) is 0 Å². The molecule has 0 saturated carbocycles. The Labute approximate surface area is 232 Å². The summed E-state index contributed by atoms with van der Waals surface area (Å²) in [5, 5.41) is 2.82. The number of hydrogen-bond donors (Lipinski definition) is 1. The fourth-order valence-electron chi connectivity index (χ4n) is 4.04. The highest BCUT2D eigenvalue weighted by Crippen LogP contribution is 2.32. The highest BCUT2D eigenvalue weighted by molar-refractivity contribution is 6.05. The summed E-state index contributed by atoms with van der Waals surface area (Å²) in [5.74, 6) is 2.05. The first-order chi connectivity index (χ1) is 19.6. The van der Waals surface area contributed by atoms with Gasteiger partial charge in [0.1, 0.15) is 23.9 Å². The van der Waals surface area contributed by atoms with Gasteiger partial charge in [-0.05, 0) is 84.3 Å². The first-order valence-electron chi connectivity index (χ1n) is 12.7. The molecule has 0 unspecified atom stereocenters. The lowest BCUT2D eigenvalue weighted by Crippen LogP contribution is -2.12. The average Bonchev–Trinajstić information content (AvgIpc) is 2.99. The van der Waals surface area contributed by atoms with Crippen LogP contribution in [0.15, 0.2) is 121 Å². The van der Waals surface area contributed by atoms with E-state index in [2.05, 4.69) is 5.32 Å². The molecule has 40 heavy (non-hydrogen) atoms. The van der Waals surface area contributed by atoms with E-state index in [0.29, 0.717) is 35.8 Å². The SMILES string of the molecule is Cc1ccc(OCc2ccc(-c3ccc(NC(=O)c4ccc(Oc5ccccc5)cc4)c(OC=O)c3)cc2)cc1. The van der Waals surface area contributed by atoms with E-state index < -0.39 is 0 Å². The molecule has 5 rings (SSSR count). The predicted octanol–water partition coefficient (Wildman–Crippen LogP) is 7.82. The summed E-state index contributed by atoms with van der Waals surface area (Å²) in [6.45, 7) is 2.83. The van der Waals surface area contributed by atoms with Gasteiger partial charge in [0.05, 0.1) is 5.69 Å². The topological polar surface area (TPSA) is 73.9 Å². The van der Waals surface area contributed by atoms with Gasteiger partial charge < -0.3 is 19.5 Å². The molecule has 0 atom stereocenters. The number of hydrogen-bond acceptors (Lipinski definition) is 5. The zero-order chi connectivity index (χ0) is 27.7. The van der Waals surface area contributed by atoms with Crippen molar-refractivity contribution < 1.29 is 23.8 Å². The Hall–Kier alpha value is -5.36. The first-order valence-corrected chi connectivity index (χ1v) is 12.7. The standard InChI is InChI=1S/C34H27NO5/c1-24-7-16-29(17-8-24)38-22-25-9-11-26(12-10-25)28-15-20-32(33(21-28)39-23-36)35-34(37)27-13-18-31(19-14-27)40-30-5-3-2-4-6-30/h2-21,23H,22H2,1H3,(H,35,37). The number of nitrogens with one attached hydrogen (secondary N) is 1. The van der Waals surface area contributed by atoms with E-state index in [9.17, 15) is 9.59 Å². The number of ether oxygens (including phenoxy) is 3. The summed E-state index contributed by atoms with van der Waals surface area (Å²) in [6, 6.07) is 37.4. The van der Waals surface area contributed by atoms with E-state index in [0.717, 1.165) is 22.4 Å².